The molecule has 8 heteroatoms. The summed E-state index contributed by atoms with van der Waals surface area (Å²) in [5.41, 5.74) is 0.528. The summed E-state index contributed by atoms with van der Waals surface area (Å²) in [6.45, 7) is 5.43. The predicted molar refractivity (Wildman–Crippen MR) is 85.8 cm³/mol. The summed E-state index contributed by atoms with van der Waals surface area (Å²) >= 11 is 0. The topological polar surface area (TPSA) is 64.5 Å². The van der Waals surface area contributed by atoms with Crippen LogP contribution in [0.2, 0.25) is 0 Å². The lowest BCUT2D eigenvalue weighted by molar-refractivity contribution is 0.0505. The van der Waals surface area contributed by atoms with Crippen LogP contribution < -0.4 is 5.06 Å². The van der Waals surface area contributed by atoms with Crippen molar-refractivity contribution in [3.05, 3.63) is 29.1 Å². The SMILES string of the molecule is CCCCON(C)c1ncc(C(=O)OCCC(C)=C(F)F)c(C)n1. The normalized spacial score (nSPS) is 10.4. The Bertz CT molecular complexity index is 590. The van der Waals surface area contributed by atoms with Gasteiger partial charge < -0.3 is 4.74 Å². The first-order chi connectivity index (χ1) is 11.4. The Morgan fingerprint density at radius 2 is 2.04 bits per heavy atom. The van der Waals surface area contributed by atoms with Crippen LogP contribution in [0.1, 0.15) is 49.2 Å². The Balaban J connectivity index is 2.63. The number of aromatic nitrogens is 2. The van der Waals surface area contributed by atoms with Gasteiger partial charge in [0, 0.05) is 19.7 Å². The van der Waals surface area contributed by atoms with E-state index in [0.717, 1.165) is 12.8 Å². The molecule has 0 atom stereocenters. The minimum atomic E-state index is -1.75. The van der Waals surface area contributed by atoms with E-state index in [4.69, 9.17) is 9.57 Å². The standard InChI is InChI=1S/C16H23F2N3O3/c1-5-6-8-24-21(4)16-19-10-13(12(3)20-16)15(22)23-9-7-11(2)14(17)18/h10H,5-9H2,1-4H3. The Morgan fingerprint density at radius 3 is 2.62 bits per heavy atom. The van der Waals surface area contributed by atoms with E-state index in [2.05, 4.69) is 16.9 Å². The summed E-state index contributed by atoms with van der Waals surface area (Å²) in [6, 6.07) is 0. The number of carbonyl (C=O) groups is 1. The second-order valence-corrected chi connectivity index (χ2v) is 5.28. The molecule has 0 aromatic carbocycles. The van der Waals surface area contributed by atoms with E-state index in [0.29, 0.717) is 18.2 Å². The minimum Gasteiger partial charge on any atom is -0.462 e. The largest absolute Gasteiger partial charge is 0.462 e. The molecular formula is C16H23F2N3O3. The van der Waals surface area contributed by atoms with Gasteiger partial charge in [-0.3, -0.25) is 4.84 Å². The third-order valence-electron chi connectivity index (χ3n) is 3.28. The van der Waals surface area contributed by atoms with Crippen LogP contribution in [0.25, 0.3) is 0 Å². The monoisotopic (exact) mass is 343 g/mol. The molecule has 1 aromatic rings. The van der Waals surface area contributed by atoms with Crippen molar-refractivity contribution in [1.82, 2.24) is 9.97 Å². The average molecular weight is 343 g/mol. The van der Waals surface area contributed by atoms with Crippen molar-refractivity contribution in [3.8, 4) is 0 Å². The summed E-state index contributed by atoms with van der Waals surface area (Å²) in [4.78, 5) is 25.7. The van der Waals surface area contributed by atoms with Gasteiger partial charge in [-0.15, -0.1) is 0 Å². The zero-order valence-electron chi connectivity index (χ0n) is 14.4. The van der Waals surface area contributed by atoms with Gasteiger partial charge in [-0.1, -0.05) is 13.3 Å². The molecule has 0 aliphatic heterocycles. The lowest BCUT2D eigenvalue weighted by Gasteiger charge is -2.17. The molecule has 134 valence electrons. The summed E-state index contributed by atoms with van der Waals surface area (Å²) in [5, 5.41) is 1.44. The van der Waals surface area contributed by atoms with Gasteiger partial charge in [0.05, 0.1) is 24.5 Å². The second-order valence-electron chi connectivity index (χ2n) is 5.28. The molecule has 0 saturated carbocycles. The molecule has 0 unspecified atom stereocenters. The number of hydrogen-bond acceptors (Lipinski definition) is 6. The van der Waals surface area contributed by atoms with Crippen molar-refractivity contribution >= 4 is 11.9 Å². The first-order valence-corrected chi connectivity index (χ1v) is 7.75. The molecule has 1 rings (SSSR count). The maximum Gasteiger partial charge on any atom is 0.341 e. The fourth-order valence-corrected chi connectivity index (χ4v) is 1.68. The third-order valence-corrected chi connectivity index (χ3v) is 3.28. The van der Waals surface area contributed by atoms with Crippen LogP contribution >= 0.6 is 0 Å². The number of rotatable bonds is 9. The van der Waals surface area contributed by atoms with Crippen LogP contribution in [0.4, 0.5) is 14.7 Å². The van der Waals surface area contributed by atoms with E-state index in [1.807, 2.05) is 0 Å². The van der Waals surface area contributed by atoms with Crippen LogP contribution in [-0.4, -0.2) is 36.2 Å². The average Bonchev–Trinajstić information content (AvgIpc) is 2.54. The van der Waals surface area contributed by atoms with Gasteiger partial charge in [0.1, 0.15) is 0 Å². The molecule has 0 aliphatic rings. The van der Waals surface area contributed by atoms with Gasteiger partial charge in [-0.25, -0.2) is 19.8 Å². The highest BCUT2D eigenvalue weighted by Gasteiger charge is 2.15. The number of ether oxygens (including phenoxy) is 1. The first-order valence-electron chi connectivity index (χ1n) is 7.75. The van der Waals surface area contributed by atoms with Crippen LogP contribution in [0.3, 0.4) is 0 Å². The highest BCUT2D eigenvalue weighted by molar-refractivity contribution is 5.90. The number of carbonyl (C=O) groups excluding carboxylic acids is 1. The van der Waals surface area contributed by atoms with Crippen LogP contribution in [0.5, 0.6) is 0 Å². The number of hydroxylamine groups is 1. The molecular weight excluding hydrogens is 320 g/mol. The summed E-state index contributed by atoms with van der Waals surface area (Å²) in [6.07, 6.45) is 1.51. The van der Waals surface area contributed by atoms with Gasteiger partial charge in [0.2, 0.25) is 5.95 Å². The van der Waals surface area contributed by atoms with Crippen molar-refractivity contribution in [2.45, 2.75) is 40.0 Å². The molecule has 0 saturated heterocycles. The van der Waals surface area contributed by atoms with Crippen LogP contribution in [0, 0.1) is 6.92 Å². The molecule has 1 heterocycles. The van der Waals surface area contributed by atoms with E-state index in [1.165, 1.54) is 18.2 Å². The van der Waals surface area contributed by atoms with E-state index in [-0.39, 0.29) is 24.2 Å². The molecule has 0 bridgehead atoms. The number of unbranched alkanes of at least 4 members (excludes halogenated alkanes) is 1. The molecule has 0 radical (unpaired) electrons. The Kier molecular flexibility index (Phi) is 8.25. The number of halogens is 2. The molecule has 24 heavy (non-hydrogen) atoms. The zero-order chi connectivity index (χ0) is 18.1. The van der Waals surface area contributed by atoms with Gasteiger partial charge in [-0.2, -0.15) is 8.78 Å². The lowest BCUT2D eigenvalue weighted by Crippen LogP contribution is -2.22. The highest BCUT2D eigenvalue weighted by Crippen LogP contribution is 2.14. The van der Waals surface area contributed by atoms with E-state index in [1.54, 1.807) is 14.0 Å². The molecule has 6 nitrogen and oxygen atoms in total. The Labute approximate surface area is 140 Å². The second kappa shape index (κ2) is 9.92. The molecule has 0 fully saturated rings. The molecule has 0 N–H and O–H groups in total. The molecule has 1 aromatic heterocycles. The van der Waals surface area contributed by atoms with E-state index in [9.17, 15) is 13.6 Å². The maximum absolute atomic E-state index is 12.3. The van der Waals surface area contributed by atoms with Crippen molar-refractivity contribution < 1.29 is 23.1 Å². The van der Waals surface area contributed by atoms with Crippen molar-refractivity contribution in [1.29, 1.82) is 0 Å². The third kappa shape index (κ3) is 6.19. The minimum absolute atomic E-state index is 0.0138. The number of esters is 1. The van der Waals surface area contributed by atoms with Crippen molar-refractivity contribution in [3.63, 3.8) is 0 Å². The predicted octanol–water partition coefficient (Wildman–Crippen LogP) is 3.67. The summed E-state index contributed by atoms with van der Waals surface area (Å²) in [7, 11) is 1.68. The number of anilines is 1. The van der Waals surface area contributed by atoms with E-state index >= 15 is 0 Å². The van der Waals surface area contributed by atoms with E-state index < -0.39 is 12.0 Å². The number of aryl methyl sites for hydroxylation is 1. The highest BCUT2D eigenvalue weighted by atomic mass is 19.3. The lowest BCUT2D eigenvalue weighted by atomic mass is 10.2. The van der Waals surface area contributed by atoms with Crippen LogP contribution in [0.15, 0.2) is 17.9 Å². The summed E-state index contributed by atoms with van der Waals surface area (Å²) < 4.78 is 29.5. The molecule has 0 aliphatic carbocycles. The number of nitrogens with zero attached hydrogens (tertiary/aromatic N) is 3. The van der Waals surface area contributed by atoms with Gasteiger partial charge in [-0.05, 0) is 25.8 Å². The zero-order valence-corrected chi connectivity index (χ0v) is 14.4. The van der Waals surface area contributed by atoms with Crippen molar-refractivity contribution in [2.24, 2.45) is 0 Å². The molecule has 0 spiro atoms. The smallest absolute Gasteiger partial charge is 0.341 e. The van der Waals surface area contributed by atoms with Gasteiger partial charge >= 0.3 is 5.97 Å². The van der Waals surface area contributed by atoms with Gasteiger partial charge in [0.25, 0.3) is 6.08 Å². The summed E-state index contributed by atoms with van der Waals surface area (Å²) in [5.74, 6) is -0.306. The molecule has 0 amide bonds. The fraction of sp³-hybridized carbons (Fsp3) is 0.562. The maximum atomic E-state index is 12.3. The fourth-order valence-electron chi connectivity index (χ4n) is 1.68. The quantitative estimate of drug-likeness (QED) is 0.387. The van der Waals surface area contributed by atoms with Crippen LogP contribution in [-0.2, 0) is 9.57 Å². The van der Waals surface area contributed by atoms with Gasteiger partial charge in [0.15, 0.2) is 0 Å². The first kappa shape index (κ1) is 20.0. The number of hydrogen-bond donors (Lipinski definition) is 0. The Morgan fingerprint density at radius 1 is 1.33 bits per heavy atom. The van der Waals surface area contributed by atoms with Crippen molar-refractivity contribution in [2.75, 3.05) is 25.3 Å². The Hall–Kier alpha value is -2.09.